The third-order valence-electron chi connectivity index (χ3n) is 5.91. The lowest BCUT2D eigenvalue weighted by Crippen LogP contribution is -2.54. The van der Waals surface area contributed by atoms with Crippen LogP contribution in [0.1, 0.15) is 45.4 Å². The minimum Gasteiger partial charge on any atom is -0.494 e. The van der Waals surface area contributed by atoms with E-state index in [2.05, 4.69) is 5.32 Å². The second-order valence-corrected chi connectivity index (χ2v) is 7.69. The van der Waals surface area contributed by atoms with Crippen LogP contribution >= 0.6 is 0 Å². The van der Waals surface area contributed by atoms with E-state index in [1.54, 1.807) is 18.2 Å². The van der Waals surface area contributed by atoms with Crippen molar-refractivity contribution in [3.05, 3.63) is 28.3 Å². The van der Waals surface area contributed by atoms with E-state index < -0.39 is 0 Å². The molecule has 124 valence electrons. The van der Waals surface area contributed by atoms with Crippen LogP contribution in [-0.4, -0.2) is 17.1 Å². The lowest BCUT2D eigenvalue weighted by atomic mass is 9.53. The number of hydrogen-bond acceptors (Lipinski definition) is 4. The first kappa shape index (κ1) is 14.8. The van der Waals surface area contributed by atoms with E-state index in [4.69, 9.17) is 4.74 Å². The molecule has 0 spiro atoms. The fourth-order valence-electron chi connectivity index (χ4n) is 5.58. The lowest BCUT2D eigenvalue weighted by molar-refractivity contribution is -0.384. The van der Waals surface area contributed by atoms with Crippen molar-refractivity contribution in [1.82, 2.24) is 0 Å². The number of nitro benzene ring substituents is 1. The Morgan fingerprint density at radius 3 is 2.35 bits per heavy atom. The van der Waals surface area contributed by atoms with Gasteiger partial charge in [-0.1, -0.05) is 0 Å². The minimum atomic E-state index is -0.293. The van der Waals surface area contributed by atoms with Gasteiger partial charge in [-0.3, -0.25) is 10.1 Å². The van der Waals surface area contributed by atoms with E-state index in [0.717, 1.165) is 37.0 Å². The van der Waals surface area contributed by atoms with Crippen molar-refractivity contribution in [1.29, 1.82) is 0 Å². The van der Waals surface area contributed by atoms with Crippen molar-refractivity contribution in [2.24, 2.45) is 17.8 Å². The number of ether oxygens (including phenoxy) is 1. The molecule has 1 N–H and O–H groups in total. The molecule has 1 aromatic rings. The van der Waals surface area contributed by atoms with Crippen molar-refractivity contribution in [3.63, 3.8) is 0 Å². The number of benzene rings is 1. The van der Waals surface area contributed by atoms with Crippen LogP contribution in [0.25, 0.3) is 0 Å². The minimum absolute atomic E-state index is 0.0599. The predicted molar refractivity (Wildman–Crippen MR) is 88.8 cm³/mol. The van der Waals surface area contributed by atoms with Crippen molar-refractivity contribution >= 4 is 11.4 Å². The summed E-state index contributed by atoms with van der Waals surface area (Å²) in [6.07, 6.45) is 7.57. The Morgan fingerprint density at radius 1 is 1.22 bits per heavy atom. The van der Waals surface area contributed by atoms with Gasteiger partial charge in [0, 0.05) is 17.7 Å². The van der Waals surface area contributed by atoms with Gasteiger partial charge in [0.25, 0.3) is 5.69 Å². The summed E-state index contributed by atoms with van der Waals surface area (Å²) >= 11 is 0. The third-order valence-corrected chi connectivity index (χ3v) is 5.91. The first-order chi connectivity index (χ1) is 11.1. The fraction of sp³-hybridized carbons (Fsp3) is 0.667. The van der Waals surface area contributed by atoms with Crippen LogP contribution in [-0.2, 0) is 0 Å². The molecular weight excluding hydrogens is 292 g/mol. The average Bonchev–Trinajstić information content (AvgIpc) is 2.45. The highest BCUT2D eigenvalue weighted by Crippen LogP contribution is 2.57. The standard InChI is InChI=1S/C18H24N2O3/c1-2-23-15-3-4-17(20(21)22)16(8-15)19-18-9-12-5-13(10-18)7-14(6-12)11-18/h3-4,8,12-14,19H,2,5-7,9-11H2,1H3. The van der Waals surface area contributed by atoms with Crippen molar-refractivity contribution in [2.75, 3.05) is 11.9 Å². The Kier molecular flexibility index (Phi) is 3.47. The summed E-state index contributed by atoms with van der Waals surface area (Å²) in [6.45, 7) is 2.49. The Balaban J connectivity index is 1.65. The van der Waals surface area contributed by atoms with Gasteiger partial charge in [-0.05, 0) is 69.3 Å². The van der Waals surface area contributed by atoms with E-state index in [-0.39, 0.29) is 16.1 Å². The predicted octanol–water partition coefficient (Wildman–Crippen LogP) is 4.37. The van der Waals surface area contributed by atoms with Crippen molar-refractivity contribution in [2.45, 2.75) is 51.0 Å². The Labute approximate surface area is 136 Å². The molecule has 0 saturated heterocycles. The maximum Gasteiger partial charge on any atom is 0.292 e. The van der Waals surface area contributed by atoms with Gasteiger partial charge in [-0.25, -0.2) is 0 Å². The summed E-state index contributed by atoms with van der Waals surface area (Å²) in [6, 6.07) is 5.06. The number of anilines is 1. The summed E-state index contributed by atoms with van der Waals surface area (Å²) in [4.78, 5) is 11.1. The van der Waals surface area contributed by atoms with Crippen LogP contribution < -0.4 is 10.1 Å². The molecule has 4 aliphatic carbocycles. The molecule has 0 unspecified atom stereocenters. The van der Waals surface area contributed by atoms with Crippen LogP contribution in [0, 0.1) is 27.9 Å². The maximum atomic E-state index is 11.4. The number of hydrogen-bond donors (Lipinski definition) is 1. The molecule has 4 fully saturated rings. The molecule has 0 atom stereocenters. The number of nitro groups is 1. The molecule has 5 rings (SSSR count). The largest absolute Gasteiger partial charge is 0.494 e. The van der Waals surface area contributed by atoms with Gasteiger partial charge < -0.3 is 10.1 Å². The Morgan fingerprint density at radius 2 is 1.83 bits per heavy atom. The topological polar surface area (TPSA) is 64.4 Å². The Hall–Kier alpha value is -1.78. The summed E-state index contributed by atoms with van der Waals surface area (Å²) in [5, 5.41) is 15.0. The fourth-order valence-corrected chi connectivity index (χ4v) is 5.58. The summed E-state index contributed by atoms with van der Waals surface area (Å²) in [5.74, 6) is 3.12. The molecule has 0 radical (unpaired) electrons. The summed E-state index contributed by atoms with van der Waals surface area (Å²) in [5.41, 5.74) is 0.844. The van der Waals surface area contributed by atoms with Gasteiger partial charge in [0.15, 0.2) is 0 Å². The zero-order valence-electron chi connectivity index (χ0n) is 13.6. The van der Waals surface area contributed by atoms with Crippen LogP contribution in [0.3, 0.4) is 0 Å². The highest BCUT2D eigenvalue weighted by molar-refractivity contribution is 5.65. The molecule has 0 amide bonds. The molecule has 5 heteroatoms. The quantitative estimate of drug-likeness (QED) is 0.647. The van der Waals surface area contributed by atoms with Gasteiger partial charge >= 0.3 is 0 Å². The van der Waals surface area contributed by atoms with Crippen LogP contribution in [0.2, 0.25) is 0 Å². The van der Waals surface area contributed by atoms with E-state index >= 15 is 0 Å². The molecule has 4 bridgehead atoms. The van der Waals surface area contributed by atoms with E-state index in [0.29, 0.717) is 18.0 Å². The monoisotopic (exact) mass is 316 g/mol. The maximum absolute atomic E-state index is 11.4. The number of rotatable bonds is 5. The zero-order valence-corrected chi connectivity index (χ0v) is 13.6. The smallest absolute Gasteiger partial charge is 0.292 e. The second kappa shape index (κ2) is 5.39. The molecule has 5 nitrogen and oxygen atoms in total. The first-order valence-electron chi connectivity index (χ1n) is 8.76. The van der Waals surface area contributed by atoms with Crippen molar-refractivity contribution < 1.29 is 9.66 Å². The van der Waals surface area contributed by atoms with E-state index in [1.165, 1.54) is 19.3 Å². The first-order valence-corrected chi connectivity index (χ1v) is 8.76. The van der Waals surface area contributed by atoms with Gasteiger partial charge in [-0.15, -0.1) is 0 Å². The Bertz CT molecular complexity index is 593. The molecule has 1 aromatic carbocycles. The third kappa shape index (κ3) is 2.66. The average molecular weight is 316 g/mol. The summed E-state index contributed by atoms with van der Waals surface area (Å²) < 4.78 is 5.54. The lowest BCUT2D eigenvalue weighted by Gasteiger charge is -2.57. The molecule has 4 aliphatic rings. The molecule has 0 aromatic heterocycles. The number of nitrogens with one attached hydrogen (secondary N) is 1. The molecule has 0 heterocycles. The molecule has 23 heavy (non-hydrogen) atoms. The van der Waals surface area contributed by atoms with Gasteiger partial charge in [-0.2, -0.15) is 0 Å². The van der Waals surface area contributed by atoms with Crippen LogP contribution in [0.4, 0.5) is 11.4 Å². The van der Waals surface area contributed by atoms with E-state index in [1.807, 2.05) is 6.92 Å². The van der Waals surface area contributed by atoms with Crippen LogP contribution in [0.5, 0.6) is 5.75 Å². The molecule has 0 aliphatic heterocycles. The van der Waals surface area contributed by atoms with Crippen molar-refractivity contribution in [3.8, 4) is 5.75 Å². The van der Waals surface area contributed by atoms with Gasteiger partial charge in [0.2, 0.25) is 0 Å². The van der Waals surface area contributed by atoms with Gasteiger partial charge in [0.05, 0.1) is 11.5 Å². The normalized spacial score (nSPS) is 34.4. The molecular formula is C18H24N2O3. The highest BCUT2D eigenvalue weighted by atomic mass is 16.6. The highest BCUT2D eigenvalue weighted by Gasteiger charge is 2.51. The SMILES string of the molecule is CCOc1ccc([N+](=O)[O-])c(NC23CC4CC(CC(C4)C2)C3)c1. The second-order valence-electron chi connectivity index (χ2n) is 7.69. The van der Waals surface area contributed by atoms with E-state index in [9.17, 15) is 10.1 Å². The molecule has 4 saturated carbocycles. The van der Waals surface area contributed by atoms with Gasteiger partial charge in [0.1, 0.15) is 11.4 Å². The zero-order chi connectivity index (χ0) is 16.0. The number of nitrogens with zero attached hydrogens (tertiary/aromatic N) is 1. The van der Waals surface area contributed by atoms with Crippen LogP contribution in [0.15, 0.2) is 18.2 Å². The summed E-state index contributed by atoms with van der Waals surface area (Å²) in [7, 11) is 0.